The van der Waals surface area contributed by atoms with Crippen LogP contribution in [0.4, 0.5) is 5.95 Å². The zero-order chi connectivity index (χ0) is 25.6. The average Bonchev–Trinajstić information content (AvgIpc) is 3.27. The number of amides is 1. The molecule has 11 heteroatoms. The first kappa shape index (κ1) is 24.3. The summed E-state index contributed by atoms with van der Waals surface area (Å²) in [4.78, 5) is 47.3. The summed E-state index contributed by atoms with van der Waals surface area (Å²) in [5.74, 6) is 0.552. The van der Waals surface area contributed by atoms with Crippen LogP contribution in [0.15, 0.2) is 62.6 Å². The Bertz CT molecular complexity index is 1570. The summed E-state index contributed by atoms with van der Waals surface area (Å²) in [6.45, 7) is 2.49. The van der Waals surface area contributed by atoms with Crippen LogP contribution in [0, 0.1) is 0 Å². The zero-order valence-electron chi connectivity index (χ0n) is 19.8. The second-order valence-corrected chi connectivity index (χ2v) is 10.1. The number of rotatable bonds is 4. The van der Waals surface area contributed by atoms with Gasteiger partial charge in [-0.1, -0.05) is 39.7 Å². The van der Waals surface area contributed by atoms with Gasteiger partial charge in [-0.2, -0.15) is 4.98 Å². The Kier molecular flexibility index (Phi) is 6.48. The second kappa shape index (κ2) is 9.59. The molecule has 2 aromatic heterocycles. The Hall–Kier alpha value is -3.37. The van der Waals surface area contributed by atoms with Crippen LogP contribution < -0.4 is 16.1 Å². The van der Waals surface area contributed by atoms with Gasteiger partial charge in [-0.05, 0) is 42.0 Å². The van der Waals surface area contributed by atoms with Crippen LogP contribution in [0.25, 0.3) is 11.2 Å². The molecule has 1 aliphatic rings. The summed E-state index contributed by atoms with van der Waals surface area (Å²) < 4.78 is 5.34. The fourth-order valence-corrected chi connectivity index (χ4v) is 4.87. The van der Waals surface area contributed by atoms with Crippen molar-refractivity contribution in [1.29, 1.82) is 0 Å². The minimum atomic E-state index is -0.425. The standard InChI is InChI=1S/C25H24BrClN6O3/c1-29-21-20(23(35)30(2)25(29)36)33(15-16-3-7-18(26)8-4-16)24(28-21)32-13-11-31(12-14-32)22(34)17-5-9-19(27)10-6-17/h3-10H,11-15H2,1-2H3. The molecule has 0 N–H and O–H groups in total. The summed E-state index contributed by atoms with van der Waals surface area (Å²) in [7, 11) is 3.09. The number of anilines is 1. The van der Waals surface area contributed by atoms with Gasteiger partial charge in [0.2, 0.25) is 5.95 Å². The number of nitrogens with zero attached hydrogens (tertiary/aromatic N) is 6. The summed E-state index contributed by atoms with van der Waals surface area (Å²) in [5.41, 5.74) is 1.48. The van der Waals surface area contributed by atoms with Crippen molar-refractivity contribution in [3.8, 4) is 0 Å². The van der Waals surface area contributed by atoms with Crippen molar-refractivity contribution in [1.82, 2.24) is 23.6 Å². The maximum Gasteiger partial charge on any atom is 0.332 e. The number of halogens is 2. The highest BCUT2D eigenvalue weighted by Crippen LogP contribution is 2.24. The number of hydrogen-bond donors (Lipinski definition) is 0. The van der Waals surface area contributed by atoms with Gasteiger partial charge in [-0.15, -0.1) is 0 Å². The first-order chi connectivity index (χ1) is 17.2. The molecule has 3 heterocycles. The molecule has 0 bridgehead atoms. The van der Waals surface area contributed by atoms with E-state index in [1.165, 1.54) is 11.6 Å². The topological polar surface area (TPSA) is 85.4 Å². The fourth-order valence-electron chi connectivity index (χ4n) is 4.48. The number of benzene rings is 2. The van der Waals surface area contributed by atoms with Crippen LogP contribution in [0.1, 0.15) is 15.9 Å². The monoisotopic (exact) mass is 570 g/mol. The van der Waals surface area contributed by atoms with E-state index in [2.05, 4.69) is 20.8 Å². The number of hydrogen-bond acceptors (Lipinski definition) is 5. The fraction of sp³-hybridized carbons (Fsp3) is 0.280. The van der Waals surface area contributed by atoms with Crippen LogP contribution in [-0.4, -0.2) is 55.7 Å². The largest absolute Gasteiger partial charge is 0.339 e. The molecular formula is C25H24BrClN6O3. The number of piperazine rings is 1. The maximum atomic E-state index is 13.2. The molecule has 4 aromatic rings. The minimum Gasteiger partial charge on any atom is -0.339 e. The van der Waals surface area contributed by atoms with Gasteiger partial charge in [0.15, 0.2) is 11.2 Å². The summed E-state index contributed by atoms with van der Waals surface area (Å²) >= 11 is 9.42. The normalized spacial score (nSPS) is 14.0. The summed E-state index contributed by atoms with van der Waals surface area (Å²) in [5, 5.41) is 0.585. The Labute approximate surface area is 220 Å². The number of imidazole rings is 1. The molecule has 0 radical (unpaired) electrons. The Balaban J connectivity index is 1.50. The van der Waals surface area contributed by atoms with Crippen LogP contribution in [0.3, 0.4) is 0 Å². The lowest BCUT2D eigenvalue weighted by Gasteiger charge is -2.35. The predicted molar refractivity (Wildman–Crippen MR) is 143 cm³/mol. The van der Waals surface area contributed by atoms with E-state index in [4.69, 9.17) is 16.6 Å². The van der Waals surface area contributed by atoms with Crippen LogP contribution in [0.5, 0.6) is 0 Å². The minimum absolute atomic E-state index is 0.0500. The molecular weight excluding hydrogens is 548 g/mol. The van der Waals surface area contributed by atoms with Crippen LogP contribution in [0.2, 0.25) is 5.02 Å². The molecule has 186 valence electrons. The Morgan fingerprint density at radius 3 is 2.22 bits per heavy atom. The van der Waals surface area contributed by atoms with Gasteiger partial charge in [0.05, 0.1) is 6.54 Å². The van der Waals surface area contributed by atoms with Crippen molar-refractivity contribution >= 4 is 50.6 Å². The van der Waals surface area contributed by atoms with E-state index in [-0.39, 0.29) is 11.5 Å². The first-order valence-corrected chi connectivity index (χ1v) is 12.6. The van der Waals surface area contributed by atoms with Gasteiger partial charge in [-0.3, -0.25) is 23.3 Å². The van der Waals surface area contributed by atoms with Gasteiger partial charge in [0.25, 0.3) is 11.5 Å². The number of aryl methyl sites for hydroxylation is 1. The van der Waals surface area contributed by atoms with Crippen molar-refractivity contribution in [3.63, 3.8) is 0 Å². The molecule has 2 aromatic carbocycles. The van der Waals surface area contributed by atoms with E-state index in [1.54, 1.807) is 36.2 Å². The summed E-state index contributed by atoms with van der Waals surface area (Å²) in [6.07, 6.45) is 0. The second-order valence-electron chi connectivity index (χ2n) is 8.79. The molecule has 36 heavy (non-hydrogen) atoms. The van der Waals surface area contributed by atoms with E-state index in [0.29, 0.717) is 60.4 Å². The lowest BCUT2D eigenvalue weighted by Crippen LogP contribution is -2.49. The number of carbonyl (C=O) groups excluding carboxylic acids is 1. The molecule has 1 aliphatic heterocycles. The predicted octanol–water partition coefficient (Wildman–Crippen LogP) is 2.86. The van der Waals surface area contributed by atoms with Crippen molar-refractivity contribution in [2.24, 2.45) is 14.1 Å². The quantitative estimate of drug-likeness (QED) is 0.376. The van der Waals surface area contributed by atoms with Gasteiger partial charge >= 0.3 is 5.69 Å². The maximum absolute atomic E-state index is 13.2. The molecule has 0 spiro atoms. The molecule has 0 aliphatic carbocycles. The van der Waals surface area contributed by atoms with Crippen LogP contribution in [-0.2, 0) is 20.6 Å². The highest BCUT2D eigenvalue weighted by atomic mass is 79.9. The van der Waals surface area contributed by atoms with E-state index >= 15 is 0 Å². The molecule has 0 saturated carbocycles. The van der Waals surface area contributed by atoms with E-state index in [1.807, 2.05) is 28.8 Å². The third kappa shape index (κ3) is 4.35. The highest BCUT2D eigenvalue weighted by Gasteiger charge is 2.27. The van der Waals surface area contributed by atoms with Gasteiger partial charge in [0, 0.05) is 55.3 Å². The SMILES string of the molecule is Cn1c(=O)c2c(nc(N3CCN(C(=O)c4ccc(Cl)cc4)CC3)n2Cc2ccc(Br)cc2)n(C)c1=O. The molecule has 1 fully saturated rings. The van der Waals surface area contributed by atoms with Crippen molar-refractivity contribution < 1.29 is 4.79 Å². The lowest BCUT2D eigenvalue weighted by molar-refractivity contribution is 0.0746. The zero-order valence-corrected chi connectivity index (χ0v) is 22.2. The molecule has 5 rings (SSSR count). The van der Waals surface area contributed by atoms with E-state index in [9.17, 15) is 14.4 Å². The number of fused-ring (bicyclic) bond motifs is 1. The first-order valence-electron chi connectivity index (χ1n) is 11.4. The van der Waals surface area contributed by atoms with Gasteiger partial charge in [-0.25, -0.2) is 4.79 Å². The lowest BCUT2D eigenvalue weighted by atomic mass is 10.2. The summed E-state index contributed by atoms with van der Waals surface area (Å²) in [6, 6.07) is 14.7. The van der Waals surface area contributed by atoms with Crippen molar-refractivity contribution in [3.05, 3.63) is 90.0 Å². The Morgan fingerprint density at radius 1 is 0.944 bits per heavy atom. The van der Waals surface area contributed by atoms with Crippen LogP contribution >= 0.6 is 27.5 Å². The van der Waals surface area contributed by atoms with E-state index in [0.717, 1.165) is 14.6 Å². The van der Waals surface area contributed by atoms with Crippen molar-refractivity contribution in [2.45, 2.75) is 6.54 Å². The van der Waals surface area contributed by atoms with Crippen molar-refractivity contribution in [2.75, 3.05) is 31.1 Å². The number of aromatic nitrogens is 4. The smallest absolute Gasteiger partial charge is 0.332 e. The molecule has 0 unspecified atom stereocenters. The number of carbonyl (C=O) groups is 1. The van der Waals surface area contributed by atoms with Gasteiger partial charge in [0.1, 0.15) is 0 Å². The average molecular weight is 572 g/mol. The van der Waals surface area contributed by atoms with E-state index < -0.39 is 5.69 Å². The Morgan fingerprint density at radius 2 is 1.58 bits per heavy atom. The third-order valence-electron chi connectivity index (χ3n) is 6.52. The molecule has 9 nitrogen and oxygen atoms in total. The molecule has 0 atom stereocenters. The molecule has 1 amide bonds. The third-order valence-corrected chi connectivity index (χ3v) is 7.30. The highest BCUT2D eigenvalue weighted by molar-refractivity contribution is 9.10. The molecule has 1 saturated heterocycles. The van der Waals surface area contributed by atoms with Gasteiger partial charge < -0.3 is 9.80 Å².